The van der Waals surface area contributed by atoms with Gasteiger partial charge in [0.05, 0.1) is 53.3 Å². The summed E-state index contributed by atoms with van der Waals surface area (Å²) in [5.41, 5.74) is -1.44. The Balaban J connectivity index is 1.53. The number of aromatic nitrogens is 1. The van der Waals surface area contributed by atoms with E-state index in [-0.39, 0.29) is 36.4 Å². The number of amidine groups is 1. The SMILES string of the molecule is CO[C@]1(C)C[C@H](O[C@H]2[C@H](C)[C@@H](O[C@@H]3O[C@H](C)C[C@H]4[C@H]3OC(=NC(C)C)N4C)[C@](C)(O)C[C@@H](C)CN(C)c3nc(cs3)CCNC(=O)[C@@H]2C)O[C@@H](C)[C@@H]1O. The Morgan fingerprint density at radius 3 is 2.51 bits per heavy atom. The number of aliphatic hydroxyl groups excluding tert-OH is 1. The molecule has 1 amide bonds. The number of ether oxygens (including phenoxy) is 6. The fourth-order valence-corrected chi connectivity index (χ4v) is 9.43. The number of nitrogens with zero attached hydrogens (tertiary/aromatic N) is 4. The Bertz CT molecular complexity index is 1410. The molecule has 53 heavy (non-hydrogen) atoms. The van der Waals surface area contributed by atoms with Crippen molar-refractivity contribution in [1.82, 2.24) is 15.2 Å². The third-order valence-corrected chi connectivity index (χ3v) is 12.5. The number of aliphatic imine (C=N–C) groups is 1. The summed E-state index contributed by atoms with van der Waals surface area (Å²) in [6, 6.07) is 0.529. The maximum Gasteiger partial charge on any atom is 0.288 e. The molecule has 5 heterocycles. The number of rotatable bonds is 6. The Labute approximate surface area is 319 Å². The molecule has 14 atom stereocenters. The van der Waals surface area contributed by atoms with E-state index in [1.54, 1.807) is 32.3 Å². The molecule has 1 aromatic rings. The number of carbonyl (C=O) groups is 1. The van der Waals surface area contributed by atoms with Crippen LogP contribution in [0.4, 0.5) is 5.13 Å². The van der Waals surface area contributed by atoms with Crippen molar-refractivity contribution in [3.05, 3.63) is 11.1 Å². The molecule has 3 N–H and O–H groups in total. The van der Waals surface area contributed by atoms with E-state index >= 15 is 0 Å². The molecular formula is C38H65N5O9S. The fraction of sp³-hybridized carbons (Fsp3) is 0.868. The number of amides is 1. The highest BCUT2D eigenvalue weighted by molar-refractivity contribution is 7.13. The van der Waals surface area contributed by atoms with Crippen molar-refractivity contribution in [2.24, 2.45) is 22.7 Å². The molecule has 4 aliphatic heterocycles. The second-order valence-corrected chi connectivity index (χ2v) is 17.6. The molecule has 1 aromatic heterocycles. The van der Waals surface area contributed by atoms with E-state index in [4.69, 9.17) is 38.4 Å². The lowest BCUT2D eigenvalue weighted by Gasteiger charge is -2.48. The van der Waals surface area contributed by atoms with Gasteiger partial charge in [0.2, 0.25) is 5.91 Å². The Hall–Kier alpha value is -2.11. The first-order valence-corrected chi connectivity index (χ1v) is 20.2. The van der Waals surface area contributed by atoms with Crippen LogP contribution in [0.2, 0.25) is 0 Å². The number of methoxy groups -OCH3 is 1. The second-order valence-electron chi connectivity index (χ2n) is 16.8. The van der Waals surface area contributed by atoms with E-state index in [9.17, 15) is 15.0 Å². The molecule has 0 saturated carbocycles. The number of carbonyl (C=O) groups excluding carboxylic acids is 1. The molecule has 0 radical (unpaired) electrons. The van der Waals surface area contributed by atoms with Crippen LogP contribution in [-0.2, 0) is 39.6 Å². The number of nitrogens with one attached hydrogen (secondary N) is 1. The van der Waals surface area contributed by atoms with E-state index in [0.29, 0.717) is 32.0 Å². The standard InChI is InChI=1S/C38H65N5O9S/c1-20(2)40-35-43(11)27-15-22(4)48-34(30(27)51-35)52-32-23(5)29(50-28-17-38(9,47-12)31(44)25(7)49-28)24(6)33(45)39-14-13-26-19-53-36(41-26)42(10)18-21(3)16-37(32,8)46/h19-25,27-32,34,44,46H,13-18H2,1-12H3,(H,39,45)/t21-,22-,23+,24-,25+,27+,28+,29+,30-,31+,32-,34+,37-,38-/m1/s1. The van der Waals surface area contributed by atoms with Crippen molar-refractivity contribution in [3.8, 4) is 0 Å². The zero-order valence-electron chi connectivity index (χ0n) is 33.8. The third-order valence-electron chi connectivity index (χ3n) is 11.5. The van der Waals surface area contributed by atoms with Crippen molar-refractivity contribution in [3.63, 3.8) is 0 Å². The maximum atomic E-state index is 14.0. The first-order chi connectivity index (χ1) is 24.8. The predicted octanol–water partition coefficient (Wildman–Crippen LogP) is 3.57. The zero-order valence-corrected chi connectivity index (χ0v) is 34.6. The molecule has 15 heteroatoms. The number of anilines is 1. The van der Waals surface area contributed by atoms with E-state index in [2.05, 4.69) is 22.0 Å². The summed E-state index contributed by atoms with van der Waals surface area (Å²) in [4.78, 5) is 27.7. The zero-order chi connectivity index (χ0) is 39.0. The monoisotopic (exact) mass is 767 g/mol. The summed E-state index contributed by atoms with van der Waals surface area (Å²) < 4.78 is 38.8. The molecule has 4 aliphatic rings. The number of thiazole rings is 1. The smallest absolute Gasteiger partial charge is 0.288 e. The van der Waals surface area contributed by atoms with Gasteiger partial charge < -0.3 is 53.8 Å². The largest absolute Gasteiger partial charge is 0.454 e. The van der Waals surface area contributed by atoms with Gasteiger partial charge in [-0.25, -0.2) is 9.98 Å². The number of likely N-dealkylation sites (N-methyl/N-ethyl adjacent to an activating group) is 1. The molecule has 14 nitrogen and oxygen atoms in total. The quantitative estimate of drug-likeness (QED) is 0.388. The van der Waals surface area contributed by atoms with E-state index < -0.39 is 66.1 Å². The van der Waals surface area contributed by atoms with Gasteiger partial charge in [0, 0.05) is 64.5 Å². The minimum absolute atomic E-state index is 0.0256. The molecule has 0 aliphatic carbocycles. The van der Waals surface area contributed by atoms with Gasteiger partial charge in [0.1, 0.15) is 6.10 Å². The lowest BCUT2D eigenvalue weighted by molar-refractivity contribution is -0.313. The average Bonchev–Trinajstić information content (AvgIpc) is 3.67. The van der Waals surface area contributed by atoms with Gasteiger partial charge in [-0.05, 0) is 60.3 Å². The highest BCUT2D eigenvalue weighted by Gasteiger charge is 2.53. The number of hydrogen-bond acceptors (Lipinski definition) is 13. The maximum absolute atomic E-state index is 14.0. The highest BCUT2D eigenvalue weighted by atomic mass is 32.1. The van der Waals surface area contributed by atoms with Gasteiger partial charge in [-0.2, -0.15) is 0 Å². The fourth-order valence-electron chi connectivity index (χ4n) is 8.59. The average molecular weight is 768 g/mol. The van der Waals surface area contributed by atoms with Crippen LogP contribution in [-0.4, -0.2) is 139 Å². The molecule has 3 fully saturated rings. The van der Waals surface area contributed by atoms with Crippen molar-refractivity contribution >= 4 is 28.4 Å². The Morgan fingerprint density at radius 1 is 1.11 bits per heavy atom. The summed E-state index contributed by atoms with van der Waals surface area (Å²) in [6.07, 6.45) is -3.53. The topological polar surface area (TPSA) is 157 Å². The molecule has 0 unspecified atom stereocenters. The van der Waals surface area contributed by atoms with Gasteiger partial charge in [-0.3, -0.25) is 4.79 Å². The summed E-state index contributed by atoms with van der Waals surface area (Å²) in [6.45, 7) is 18.4. The Morgan fingerprint density at radius 2 is 1.83 bits per heavy atom. The van der Waals surface area contributed by atoms with Gasteiger partial charge in [-0.1, -0.05) is 20.8 Å². The van der Waals surface area contributed by atoms with Crippen LogP contribution < -0.4 is 10.2 Å². The van der Waals surface area contributed by atoms with Crippen molar-refractivity contribution in [1.29, 1.82) is 0 Å². The number of fused-ring (bicyclic) bond motifs is 3. The van der Waals surface area contributed by atoms with Crippen LogP contribution >= 0.6 is 11.3 Å². The van der Waals surface area contributed by atoms with E-state index in [0.717, 1.165) is 17.2 Å². The normalized spacial score (nSPS) is 42.8. The summed E-state index contributed by atoms with van der Waals surface area (Å²) >= 11 is 1.57. The van der Waals surface area contributed by atoms with Crippen LogP contribution in [0.3, 0.4) is 0 Å². The van der Waals surface area contributed by atoms with Gasteiger partial charge in [-0.15, -0.1) is 11.3 Å². The molecule has 302 valence electrons. The van der Waals surface area contributed by atoms with Crippen molar-refractivity contribution < 1.29 is 43.4 Å². The molecule has 3 saturated heterocycles. The summed E-state index contributed by atoms with van der Waals surface area (Å²) in [7, 11) is 5.56. The Kier molecular flexibility index (Phi) is 13.4. The molecule has 2 bridgehead atoms. The van der Waals surface area contributed by atoms with Crippen LogP contribution in [0.15, 0.2) is 10.4 Å². The molecule has 0 spiro atoms. The van der Waals surface area contributed by atoms with E-state index in [1.165, 1.54) is 0 Å². The van der Waals surface area contributed by atoms with Crippen LogP contribution in [0, 0.1) is 17.8 Å². The minimum Gasteiger partial charge on any atom is -0.454 e. The molecule has 5 rings (SSSR count). The van der Waals surface area contributed by atoms with Crippen molar-refractivity contribution in [2.75, 3.05) is 39.2 Å². The summed E-state index contributed by atoms with van der Waals surface area (Å²) in [5.74, 6) is -1.43. The lowest BCUT2D eigenvalue weighted by Crippen LogP contribution is -2.60. The van der Waals surface area contributed by atoms with Crippen LogP contribution in [0.5, 0.6) is 0 Å². The number of hydrogen-bond donors (Lipinski definition) is 3. The predicted molar refractivity (Wildman–Crippen MR) is 203 cm³/mol. The number of aliphatic hydroxyl groups is 2. The minimum atomic E-state index is -1.42. The molecule has 0 aromatic carbocycles. The lowest BCUT2D eigenvalue weighted by atomic mass is 9.77. The van der Waals surface area contributed by atoms with Crippen LogP contribution in [0.25, 0.3) is 0 Å². The summed E-state index contributed by atoms with van der Waals surface area (Å²) in [5, 5.41) is 29.6. The van der Waals surface area contributed by atoms with Crippen molar-refractivity contribution in [2.45, 2.75) is 160 Å². The second kappa shape index (κ2) is 16.9. The molecular weight excluding hydrogens is 703 g/mol. The highest BCUT2D eigenvalue weighted by Crippen LogP contribution is 2.41. The van der Waals surface area contributed by atoms with Gasteiger partial charge in [0.15, 0.2) is 23.8 Å². The first kappa shape index (κ1) is 42.0. The van der Waals surface area contributed by atoms with E-state index in [1.807, 2.05) is 61.0 Å². The van der Waals surface area contributed by atoms with Gasteiger partial charge in [0.25, 0.3) is 6.02 Å². The first-order valence-electron chi connectivity index (χ1n) is 19.3. The van der Waals surface area contributed by atoms with Crippen LogP contribution in [0.1, 0.15) is 87.3 Å². The van der Waals surface area contributed by atoms with Gasteiger partial charge >= 0.3 is 0 Å². The third kappa shape index (κ3) is 9.48.